The molecule has 0 atom stereocenters. The van der Waals surface area contributed by atoms with E-state index in [0.717, 1.165) is 23.8 Å². The molecule has 0 amide bonds. The van der Waals surface area contributed by atoms with Crippen molar-refractivity contribution in [3.8, 4) is 22.5 Å². The highest BCUT2D eigenvalue weighted by molar-refractivity contribution is 5.94. The number of aryl methyl sites for hydroxylation is 1. The zero-order valence-electron chi connectivity index (χ0n) is 15.4. The Bertz CT molecular complexity index is 1170. The van der Waals surface area contributed by atoms with Crippen LogP contribution in [-0.2, 0) is 7.05 Å². The van der Waals surface area contributed by atoms with Crippen molar-refractivity contribution in [2.45, 2.75) is 18.9 Å². The topological polar surface area (TPSA) is 62.6 Å². The molecule has 0 unspecified atom stereocenters. The van der Waals surface area contributed by atoms with E-state index in [4.69, 9.17) is 0 Å². The second-order valence-corrected chi connectivity index (χ2v) is 7.22. The fraction of sp³-hybridized carbons (Fsp3) is 0.250. The summed E-state index contributed by atoms with van der Waals surface area (Å²) in [5, 5.41) is 12.1. The van der Waals surface area contributed by atoms with Crippen LogP contribution < -0.4 is 4.90 Å². The summed E-state index contributed by atoms with van der Waals surface area (Å²) in [6.07, 6.45) is 7.17. The molecule has 3 heterocycles. The third-order valence-corrected chi connectivity index (χ3v) is 5.21. The molecule has 4 aromatic rings. The predicted octanol–water partition coefficient (Wildman–Crippen LogP) is 3.90. The molecule has 1 fully saturated rings. The van der Waals surface area contributed by atoms with Gasteiger partial charge in [0, 0.05) is 43.0 Å². The average molecular weight is 380 g/mol. The van der Waals surface area contributed by atoms with Crippen LogP contribution >= 0.6 is 0 Å². The molecule has 0 spiro atoms. The zero-order valence-corrected chi connectivity index (χ0v) is 15.4. The second-order valence-electron chi connectivity index (χ2n) is 7.22. The van der Waals surface area contributed by atoms with Crippen LogP contribution in [0.1, 0.15) is 12.8 Å². The summed E-state index contributed by atoms with van der Waals surface area (Å²) in [5.41, 5.74) is 2.81. The first kappa shape index (κ1) is 16.9. The number of fused-ring (bicyclic) bond motifs is 1. The molecule has 8 heteroatoms. The van der Waals surface area contributed by atoms with Gasteiger partial charge >= 0.3 is 0 Å². The van der Waals surface area contributed by atoms with E-state index < -0.39 is 11.6 Å². The lowest BCUT2D eigenvalue weighted by Crippen LogP contribution is -2.19. The van der Waals surface area contributed by atoms with Gasteiger partial charge in [-0.25, -0.2) is 8.78 Å². The van der Waals surface area contributed by atoms with Crippen LogP contribution in [0.15, 0.2) is 36.8 Å². The van der Waals surface area contributed by atoms with Gasteiger partial charge in [0.1, 0.15) is 17.3 Å². The summed E-state index contributed by atoms with van der Waals surface area (Å²) < 4.78 is 31.4. The lowest BCUT2D eigenvalue weighted by atomic mass is 10.1. The van der Waals surface area contributed by atoms with Gasteiger partial charge in [0.15, 0.2) is 0 Å². The van der Waals surface area contributed by atoms with E-state index in [-0.39, 0.29) is 11.3 Å². The zero-order chi connectivity index (χ0) is 19.4. The fourth-order valence-corrected chi connectivity index (χ4v) is 3.50. The molecule has 28 heavy (non-hydrogen) atoms. The van der Waals surface area contributed by atoms with Crippen LogP contribution in [0.3, 0.4) is 0 Å². The summed E-state index contributed by atoms with van der Waals surface area (Å²) in [6.45, 7) is 0. The lowest BCUT2D eigenvalue weighted by molar-refractivity contribution is 0.588. The minimum Gasteiger partial charge on any atom is -0.371 e. The third kappa shape index (κ3) is 2.72. The largest absolute Gasteiger partial charge is 0.371 e. The molecule has 0 radical (unpaired) electrons. The average Bonchev–Trinajstić information content (AvgIpc) is 3.30. The van der Waals surface area contributed by atoms with Gasteiger partial charge in [0.25, 0.3) is 0 Å². The SMILES string of the molecule is CN(c1cc(F)c(-c2cc3c(-c4cnn(C)c4)n[nH]c3cn2)c(F)c1)C1CC1. The standard InChI is InChI=1S/C20H18F2N6/c1-27-10-11(8-24-27)20-14-7-17(23-9-18(14)25-26-20)19-15(21)5-13(6-16(19)22)28(2)12-3-4-12/h5-10,12H,3-4H2,1-2H3,(H,25,26). The van der Waals surface area contributed by atoms with E-state index in [0.29, 0.717) is 22.9 Å². The fourth-order valence-electron chi connectivity index (χ4n) is 3.50. The van der Waals surface area contributed by atoms with E-state index in [2.05, 4.69) is 20.3 Å². The van der Waals surface area contributed by atoms with Crippen molar-refractivity contribution in [2.75, 3.05) is 11.9 Å². The van der Waals surface area contributed by atoms with Crippen LogP contribution in [0.2, 0.25) is 0 Å². The molecule has 5 rings (SSSR count). The molecular weight excluding hydrogens is 362 g/mol. The number of hydrogen-bond donors (Lipinski definition) is 1. The maximum atomic E-state index is 14.9. The van der Waals surface area contributed by atoms with Gasteiger partial charge in [-0.2, -0.15) is 10.2 Å². The van der Waals surface area contributed by atoms with Gasteiger partial charge in [-0.15, -0.1) is 0 Å². The molecule has 6 nitrogen and oxygen atoms in total. The Hall–Kier alpha value is -3.29. The van der Waals surface area contributed by atoms with Crippen molar-refractivity contribution < 1.29 is 8.78 Å². The normalized spacial score (nSPS) is 14.0. The number of pyridine rings is 1. The van der Waals surface area contributed by atoms with E-state index in [1.807, 2.05) is 25.2 Å². The minimum atomic E-state index is -0.624. The Morgan fingerprint density at radius 2 is 1.89 bits per heavy atom. The molecule has 1 aliphatic carbocycles. The van der Waals surface area contributed by atoms with Crippen LogP contribution in [0.4, 0.5) is 14.5 Å². The van der Waals surface area contributed by atoms with Gasteiger partial charge < -0.3 is 4.90 Å². The molecular formula is C20H18F2N6. The second kappa shape index (κ2) is 6.12. The number of hydrogen-bond acceptors (Lipinski definition) is 4. The van der Waals surface area contributed by atoms with Crippen LogP contribution in [0.25, 0.3) is 33.4 Å². The Morgan fingerprint density at radius 1 is 1.14 bits per heavy atom. The van der Waals surface area contributed by atoms with Crippen molar-refractivity contribution >= 4 is 16.6 Å². The number of H-pyrrole nitrogens is 1. The molecule has 1 saturated carbocycles. The van der Waals surface area contributed by atoms with Crippen molar-refractivity contribution in [1.82, 2.24) is 25.0 Å². The number of nitrogens with one attached hydrogen (secondary N) is 1. The smallest absolute Gasteiger partial charge is 0.137 e. The van der Waals surface area contributed by atoms with E-state index in [9.17, 15) is 8.78 Å². The lowest BCUT2D eigenvalue weighted by Gasteiger charge is -2.19. The van der Waals surface area contributed by atoms with Gasteiger partial charge in [-0.05, 0) is 31.0 Å². The number of anilines is 1. The molecule has 0 saturated heterocycles. The number of benzene rings is 1. The summed E-state index contributed by atoms with van der Waals surface area (Å²) in [6, 6.07) is 4.78. The molecule has 1 aliphatic rings. The van der Waals surface area contributed by atoms with E-state index in [1.54, 1.807) is 23.1 Å². The van der Waals surface area contributed by atoms with E-state index >= 15 is 0 Å². The summed E-state index contributed by atoms with van der Waals surface area (Å²) >= 11 is 0. The number of halogens is 2. The van der Waals surface area contributed by atoms with Gasteiger partial charge in [-0.3, -0.25) is 14.8 Å². The molecule has 3 aromatic heterocycles. The van der Waals surface area contributed by atoms with Crippen LogP contribution in [0.5, 0.6) is 0 Å². The molecule has 1 N–H and O–H groups in total. The predicted molar refractivity (Wildman–Crippen MR) is 103 cm³/mol. The van der Waals surface area contributed by atoms with Crippen LogP contribution in [-0.4, -0.2) is 38.1 Å². The monoisotopic (exact) mass is 380 g/mol. The Labute approximate surface area is 159 Å². The summed E-state index contributed by atoms with van der Waals surface area (Å²) in [4.78, 5) is 6.17. The maximum Gasteiger partial charge on any atom is 0.137 e. The van der Waals surface area contributed by atoms with Crippen molar-refractivity contribution in [2.24, 2.45) is 7.05 Å². The highest BCUT2D eigenvalue weighted by atomic mass is 19.1. The molecule has 1 aromatic carbocycles. The summed E-state index contributed by atoms with van der Waals surface area (Å²) in [7, 11) is 3.68. The Kier molecular flexibility index (Phi) is 3.68. The van der Waals surface area contributed by atoms with Crippen LogP contribution in [0, 0.1) is 11.6 Å². The quantitative estimate of drug-likeness (QED) is 0.583. The molecule has 0 aliphatic heterocycles. The number of rotatable bonds is 4. The number of aromatic nitrogens is 5. The Morgan fingerprint density at radius 3 is 2.54 bits per heavy atom. The van der Waals surface area contributed by atoms with Gasteiger partial charge in [0.05, 0.1) is 29.2 Å². The van der Waals surface area contributed by atoms with Gasteiger partial charge in [0.2, 0.25) is 0 Å². The van der Waals surface area contributed by atoms with Gasteiger partial charge in [-0.1, -0.05) is 0 Å². The van der Waals surface area contributed by atoms with Crippen molar-refractivity contribution in [3.63, 3.8) is 0 Å². The van der Waals surface area contributed by atoms with Crippen molar-refractivity contribution in [1.29, 1.82) is 0 Å². The molecule has 142 valence electrons. The first-order chi connectivity index (χ1) is 13.5. The first-order valence-electron chi connectivity index (χ1n) is 9.06. The highest BCUT2D eigenvalue weighted by Gasteiger charge is 2.28. The summed E-state index contributed by atoms with van der Waals surface area (Å²) in [5.74, 6) is -1.25. The minimum absolute atomic E-state index is 0.131. The maximum absolute atomic E-state index is 14.9. The van der Waals surface area contributed by atoms with E-state index in [1.165, 1.54) is 12.1 Å². The number of nitrogens with zero attached hydrogens (tertiary/aromatic N) is 5. The Balaban J connectivity index is 1.61. The first-order valence-corrected chi connectivity index (χ1v) is 9.06. The van der Waals surface area contributed by atoms with Crippen molar-refractivity contribution in [3.05, 3.63) is 48.4 Å². The third-order valence-electron chi connectivity index (χ3n) is 5.21. The molecule has 0 bridgehead atoms. The highest BCUT2D eigenvalue weighted by Crippen LogP contribution is 2.35. The number of aromatic amines is 1.